The zero-order chi connectivity index (χ0) is 22.2. The van der Waals surface area contributed by atoms with E-state index in [4.69, 9.17) is 5.21 Å². The van der Waals surface area contributed by atoms with E-state index in [0.717, 1.165) is 17.5 Å². The molecule has 4 heteroatoms. The topological polar surface area (TPSA) is 34.0 Å². The van der Waals surface area contributed by atoms with E-state index in [1.165, 1.54) is 22.4 Å². The number of hydrogen-bond acceptors (Lipinski definition) is 3. The van der Waals surface area contributed by atoms with Gasteiger partial charge in [0.15, 0.2) is 0 Å². The van der Waals surface area contributed by atoms with E-state index in [0.29, 0.717) is 0 Å². The molecule has 0 amide bonds. The SMILES string of the molecule is CN1c2ccccc2C(n2nnc3ccccc32)C(c2ccccc2)C1Cc1ccccc1. The highest BCUT2D eigenvalue weighted by molar-refractivity contribution is 5.75. The van der Waals surface area contributed by atoms with Crippen LogP contribution in [0.2, 0.25) is 0 Å². The highest BCUT2D eigenvalue weighted by atomic mass is 15.4. The van der Waals surface area contributed by atoms with Crippen LogP contribution in [0.1, 0.15) is 28.7 Å². The molecule has 0 saturated heterocycles. The van der Waals surface area contributed by atoms with E-state index in [-0.39, 0.29) is 18.0 Å². The Labute approximate surface area is 194 Å². The highest BCUT2D eigenvalue weighted by Gasteiger charge is 2.42. The van der Waals surface area contributed by atoms with Crippen molar-refractivity contribution < 1.29 is 0 Å². The number of benzene rings is 4. The molecule has 3 atom stereocenters. The second-order valence-electron chi connectivity index (χ2n) is 8.83. The molecule has 0 saturated carbocycles. The summed E-state index contributed by atoms with van der Waals surface area (Å²) in [5.74, 6) is 0.205. The van der Waals surface area contributed by atoms with Crippen LogP contribution in [0, 0.1) is 0 Å². The lowest BCUT2D eigenvalue weighted by molar-refractivity contribution is 0.355. The van der Waals surface area contributed by atoms with E-state index in [1.54, 1.807) is 0 Å². The Morgan fingerprint density at radius 2 is 1.39 bits per heavy atom. The van der Waals surface area contributed by atoms with Crippen molar-refractivity contribution in [2.24, 2.45) is 0 Å². The fourth-order valence-electron chi connectivity index (χ4n) is 5.46. The molecule has 0 aliphatic carbocycles. The van der Waals surface area contributed by atoms with Crippen molar-refractivity contribution in [2.45, 2.75) is 24.4 Å². The van der Waals surface area contributed by atoms with Crippen molar-refractivity contribution in [3.05, 3.63) is 126 Å². The molecule has 0 N–H and O–H groups in total. The number of aromatic nitrogens is 3. The average Bonchev–Trinajstić information content (AvgIpc) is 3.30. The third-order valence-electron chi connectivity index (χ3n) is 7.00. The summed E-state index contributed by atoms with van der Waals surface area (Å²) in [6.07, 6.45) is 0.953. The van der Waals surface area contributed by atoms with Crippen LogP contribution in [0.4, 0.5) is 5.69 Å². The van der Waals surface area contributed by atoms with Gasteiger partial charge in [0, 0.05) is 30.3 Å². The quantitative estimate of drug-likeness (QED) is 0.358. The van der Waals surface area contributed by atoms with Crippen molar-refractivity contribution in [1.29, 1.82) is 0 Å². The van der Waals surface area contributed by atoms with Crippen LogP contribution in [0.25, 0.3) is 11.0 Å². The van der Waals surface area contributed by atoms with Gasteiger partial charge in [0.1, 0.15) is 5.52 Å². The van der Waals surface area contributed by atoms with Gasteiger partial charge in [-0.2, -0.15) is 0 Å². The molecular weight excluding hydrogens is 404 g/mol. The molecule has 0 spiro atoms. The predicted molar refractivity (Wildman–Crippen MR) is 134 cm³/mol. The van der Waals surface area contributed by atoms with Gasteiger partial charge in [0.05, 0.1) is 11.6 Å². The first kappa shape index (κ1) is 19.7. The maximum atomic E-state index is 4.71. The first-order valence-electron chi connectivity index (χ1n) is 11.5. The van der Waals surface area contributed by atoms with Crippen LogP contribution in [0.15, 0.2) is 109 Å². The summed E-state index contributed by atoms with van der Waals surface area (Å²) < 4.78 is 2.15. The minimum Gasteiger partial charge on any atom is -0.370 e. The van der Waals surface area contributed by atoms with Gasteiger partial charge < -0.3 is 4.90 Å². The minimum atomic E-state index is 0.0425. The molecule has 1 aromatic heterocycles. The standard InChI is InChI=1S/C29H26N4/c1-32-25-18-10-8-16-23(25)29(33-26-19-11-9-17-24(26)30-31-33)28(22-14-6-3-7-15-22)27(32)20-21-12-4-2-5-13-21/h2-19,27-29H,20H2,1H3. The Balaban J connectivity index is 1.59. The summed E-state index contributed by atoms with van der Waals surface area (Å²) in [6.45, 7) is 0. The van der Waals surface area contributed by atoms with E-state index in [1.807, 2.05) is 12.1 Å². The molecule has 0 bridgehead atoms. The maximum absolute atomic E-state index is 4.71. The summed E-state index contributed by atoms with van der Waals surface area (Å²) in [4.78, 5) is 2.47. The molecule has 4 aromatic carbocycles. The molecule has 0 fully saturated rings. The van der Waals surface area contributed by atoms with Gasteiger partial charge in [-0.25, -0.2) is 4.68 Å². The van der Waals surface area contributed by atoms with Crippen LogP contribution in [-0.4, -0.2) is 28.1 Å². The average molecular weight is 431 g/mol. The molecule has 0 radical (unpaired) electrons. The number of rotatable bonds is 4. The summed E-state index contributed by atoms with van der Waals surface area (Å²) in [7, 11) is 2.23. The van der Waals surface area contributed by atoms with Crippen LogP contribution < -0.4 is 4.90 Å². The van der Waals surface area contributed by atoms with Gasteiger partial charge >= 0.3 is 0 Å². The Hall–Kier alpha value is -3.92. The Morgan fingerprint density at radius 3 is 2.21 bits per heavy atom. The van der Waals surface area contributed by atoms with Crippen molar-refractivity contribution in [2.75, 3.05) is 11.9 Å². The first-order chi connectivity index (χ1) is 16.3. The lowest BCUT2D eigenvalue weighted by Gasteiger charge is -2.46. The largest absolute Gasteiger partial charge is 0.370 e. The number of anilines is 1. The van der Waals surface area contributed by atoms with Crippen molar-refractivity contribution >= 4 is 16.7 Å². The van der Waals surface area contributed by atoms with Crippen LogP contribution in [0.5, 0.6) is 0 Å². The summed E-state index contributed by atoms with van der Waals surface area (Å²) in [5, 5.41) is 9.23. The normalized spacial score (nSPS) is 20.0. The fraction of sp³-hybridized carbons (Fsp3) is 0.172. The van der Waals surface area contributed by atoms with Gasteiger partial charge in [-0.3, -0.25) is 0 Å². The smallest absolute Gasteiger partial charge is 0.113 e. The van der Waals surface area contributed by atoms with E-state index >= 15 is 0 Å². The van der Waals surface area contributed by atoms with Crippen molar-refractivity contribution in [3.8, 4) is 0 Å². The molecule has 1 aliphatic heterocycles. The molecule has 4 nitrogen and oxygen atoms in total. The summed E-state index contributed by atoms with van der Waals surface area (Å²) >= 11 is 0. The lowest BCUT2D eigenvalue weighted by atomic mass is 9.75. The molecule has 1 aliphatic rings. The van der Waals surface area contributed by atoms with Gasteiger partial charge in [-0.05, 0) is 35.7 Å². The summed E-state index contributed by atoms with van der Waals surface area (Å²) in [5.41, 5.74) is 7.21. The molecule has 33 heavy (non-hydrogen) atoms. The third kappa shape index (κ3) is 3.39. The Kier molecular flexibility index (Phi) is 4.91. The van der Waals surface area contributed by atoms with E-state index in [9.17, 15) is 0 Å². The zero-order valence-corrected chi connectivity index (χ0v) is 18.6. The molecule has 2 heterocycles. The predicted octanol–water partition coefficient (Wildman–Crippen LogP) is 5.87. The van der Waals surface area contributed by atoms with Crippen LogP contribution in [-0.2, 0) is 6.42 Å². The van der Waals surface area contributed by atoms with Crippen LogP contribution >= 0.6 is 0 Å². The first-order valence-corrected chi connectivity index (χ1v) is 11.5. The summed E-state index contributed by atoms with van der Waals surface area (Å²) in [6, 6.07) is 39.0. The molecular formula is C29H26N4. The third-order valence-corrected chi connectivity index (χ3v) is 7.00. The van der Waals surface area contributed by atoms with Gasteiger partial charge in [-0.1, -0.05) is 96.2 Å². The Morgan fingerprint density at radius 1 is 0.727 bits per heavy atom. The number of likely N-dealkylation sites (N-methyl/N-ethyl adjacent to an activating group) is 1. The second-order valence-corrected chi connectivity index (χ2v) is 8.83. The van der Waals surface area contributed by atoms with Crippen molar-refractivity contribution in [3.63, 3.8) is 0 Å². The maximum Gasteiger partial charge on any atom is 0.113 e. The molecule has 162 valence electrons. The molecule has 3 unspecified atom stereocenters. The number of nitrogens with zero attached hydrogens (tertiary/aromatic N) is 4. The Bertz CT molecular complexity index is 1380. The van der Waals surface area contributed by atoms with Gasteiger partial charge in [0.25, 0.3) is 0 Å². The van der Waals surface area contributed by atoms with Gasteiger partial charge in [0.2, 0.25) is 0 Å². The minimum absolute atomic E-state index is 0.0425. The van der Waals surface area contributed by atoms with E-state index < -0.39 is 0 Å². The number of para-hydroxylation sites is 2. The van der Waals surface area contributed by atoms with Crippen molar-refractivity contribution in [1.82, 2.24) is 15.0 Å². The fourth-order valence-corrected chi connectivity index (χ4v) is 5.46. The second kappa shape index (κ2) is 8.21. The molecule has 6 rings (SSSR count). The highest BCUT2D eigenvalue weighted by Crippen LogP contribution is 2.48. The number of fused-ring (bicyclic) bond motifs is 2. The number of hydrogen-bond donors (Lipinski definition) is 0. The lowest BCUT2D eigenvalue weighted by Crippen LogP contribution is -2.47. The van der Waals surface area contributed by atoms with E-state index in [2.05, 4.69) is 119 Å². The molecule has 5 aromatic rings. The zero-order valence-electron chi connectivity index (χ0n) is 18.6. The van der Waals surface area contributed by atoms with Gasteiger partial charge in [-0.15, -0.1) is 5.10 Å². The van der Waals surface area contributed by atoms with Crippen LogP contribution in [0.3, 0.4) is 0 Å². The monoisotopic (exact) mass is 430 g/mol.